The Balaban J connectivity index is 2.18. The lowest BCUT2D eigenvalue weighted by Crippen LogP contribution is -1.96. The normalized spacial score (nSPS) is 13.5. The van der Waals surface area contributed by atoms with Gasteiger partial charge in [0.15, 0.2) is 0 Å². The minimum absolute atomic E-state index is 1.10. The van der Waals surface area contributed by atoms with Crippen LogP contribution < -0.4 is 0 Å². The van der Waals surface area contributed by atoms with Crippen LogP contribution in [0, 0.1) is 0 Å². The van der Waals surface area contributed by atoms with Crippen LogP contribution >= 0.6 is 12.6 Å². The highest BCUT2D eigenvalue weighted by Gasteiger charge is 2.11. The molecule has 0 amide bonds. The molecule has 84 valence electrons. The Kier molecular flexibility index (Phi) is 2.77. The van der Waals surface area contributed by atoms with Crippen molar-refractivity contribution in [3.05, 3.63) is 59.7 Å². The number of rotatable bonds is 1. The van der Waals surface area contributed by atoms with E-state index in [1.807, 2.05) is 6.07 Å². The number of hydrogen-bond donors (Lipinski definition) is 1. The molecule has 1 heteroatoms. The average molecular weight is 238 g/mol. The summed E-state index contributed by atoms with van der Waals surface area (Å²) >= 11 is 4.71. The maximum atomic E-state index is 4.71. The summed E-state index contributed by atoms with van der Waals surface area (Å²) in [5.74, 6) is 0. The number of benzene rings is 2. The van der Waals surface area contributed by atoms with Crippen molar-refractivity contribution in [1.29, 1.82) is 0 Å². The van der Waals surface area contributed by atoms with E-state index >= 15 is 0 Å². The number of hydrogen-bond acceptors (Lipinski definition) is 1. The Labute approximate surface area is 107 Å². The molecule has 0 unspecified atom stereocenters. The van der Waals surface area contributed by atoms with Crippen molar-refractivity contribution in [3.63, 3.8) is 0 Å². The lowest BCUT2D eigenvalue weighted by molar-refractivity contribution is 0.976. The third-order valence-electron chi connectivity index (χ3n) is 3.26. The second-order valence-electron chi connectivity index (χ2n) is 4.34. The monoisotopic (exact) mass is 238 g/mol. The van der Waals surface area contributed by atoms with Gasteiger partial charge in [-0.15, -0.1) is 12.6 Å². The SMILES string of the molecule is Sc1c(-c2ccccc2)ccc2c1C=CCC2. The standard InChI is InChI=1S/C16H14S/c17-16-14-9-5-4-8-13(14)10-11-15(16)12-6-2-1-3-7-12/h1-3,5-7,9-11,17H,4,8H2. The van der Waals surface area contributed by atoms with E-state index in [0.717, 1.165) is 17.7 Å². The van der Waals surface area contributed by atoms with Crippen molar-refractivity contribution >= 4 is 18.7 Å². The summed E-state index contributed by atoms with van der Waals surface area (Å²) in [6.07, 6.45) is 6.71. The Morgan fingerprint density at radius 3 is 2.59 bits per heavy atom. The molecule has 3 rings (SSSR count). The van der Waals surface area contributed by atoms with E-state index in [1.165, 1.54) is 22.3 Å². The molecular weight excluding hydrogens is 224 g/mol. The molecule has 0 heterocycles. The molecule has 0 spiro atoms. The van der Waals surface area contributed by atoms with Gasteiger partial charge in [-0.3, -0.25) is 0 Å². The number of aryl methyl sites for hydroxylation is 1. The van der Waals surface area contributed by atoms with Crippen LogP contribution in [0.3, 0.4) is 0 Å². The Hall–Kier alpha value is -1.47. The fourth-order valence-corrected chi connectivity index (χ4v) is 2.77. The molecule has 2 aromatic carbocycles. The first-order chi connectivity index (χ1) is 8.36. The van der Waals surface area contributed by atoms with Crippen LogP contribution in [0.2, 0.25) is 0 Å². The van der Waals surface area contributed by atoms with Crippen molar-refractivity contribution in [3.8, 4) is 11.1 Å². The van der Waals surface area contributed by atoms with Gasteiger partial charge in [-0.2, -0.15) is 0 Å². The lowest BCUT2D eigenvalue weighted by Gasteiger charge is -2.16. The van der Waals surface area contributed by atoms with Gasteiger partial charge >= 0.3 is 0 Å². The highest BCUT2D eigenvalue weighted by atomic mass is 32.1. The summed E-state index contributed by atoms with van der Waals surface area (Å²) in [5, 5.41) is 0. The molecule has 0 aliphatic heterocycles. The molecule has 0 radical (unpaired) electrons. The lowest BCUT2D eigenvalue weighted by atomic mass is 9.93. The van der Waals surface area contributed by atoms with Crippen molar-refractivity contribution in [2.24, 2.45) is 0 Å². The molecule has 0 aromatic heterocycles. The van der Waals surface area contributed by atoms with E-state index in [0.29, 0.717) is 0 Å². The molecule has 17 heavy (non-hydrogen) atoms. The molecule has 1 aliphatic rings. The zero-order valence-electron chi connectivity index (χ0n) is 9.56. The number of fused-ring (bicyclic) bond motifs is 1. The smallest absolute Gasteiger partial charge is 0.0194 e. The van der Waals surface area contributed by atoms with Gasteiger partial charge in [-0.25, -0.2) is 0 Å². The summed E-state index contributed by atoms with van der Waals surface area (Å²) < 4.78 is 0. The van der Waals surface area contributed by atoms with Gasteiger partial charge < -0.3 is 0 Å². The van der Waals surface area contributed by atoms with Crippen LogP contribution in [-0.4, -0.2) is 0 Å². The zero-order valence-corrected chi connectivity index (χ0v) is 10.5. The summed E-state index contributed by atoms with van der Waals surface area (Å²) in [6, 6.07) is 14.9. The largest absolute Gasteiger partial charge is 0.142 e. The summed E-state index contributed by atoms with van der Waals surface area (Å²) in [5.41, 5.74) is 5.16. The van der Waals surface area contributed by atoms with E-state index in [1.54, 1.807) is 0 Å². The topological polar surface area (TPSA) is 0 Å². The fraction of sp³-hybridized carbons (Fsp3) is 0.125. The van der Waals surface area contributed by atoms with Gasteiger partial charge in [0.05, 0.1) is 0 Å². The van der Waals surface area contributed by atoms with Crippen molar-refractivity contribution in [2.75, 3.05) is 0 Å². The van der Waals surface area contributed by atoms with Gasteiger partial charge in [-0.05, 0) is 35.1 Å². The molecule has 0 nitrogen and oxygen atoms in total. The van der Waals surface area contributed by atoms with Crippen molar-refractivity contribution in [1.82, 2.24) is 0 Å². The Morgan fingerprint density at radius 2 is 1.76 bits per heavy atom. The molecule has 0 saturated heterocycles. The molecule has 0 N–H and O–H groups in total. The van der Waals surface area contributed by atoms with Crippen LogP contribution in [0.1, 0.15) is 17.5 Å². The van der Waals surface area contributed by atoms with Crippen LogP contribution in [0.5, 0.6) is 0 Å². The maximum absolute atomic E-state index is 4.71. The molecular formula is C16H14S. The predicted molar refractivity (Wildman–Crippen MR) is 76.5 cm³/mol. The third kappa shape index (κ3) is 1.91. The second kappa shape index (κ2) is 4.42. The predicted octanol–water partition coefficient (Wildman–Crippen LogP) is 4.60. The van der Waals surface area contributed by atoms with Crippen molar-refractivity contribution < 1.29 is 0 Å². The van der Waals surface area contributed by atoms with Crippen LogP contribution in [0.25, 0.3) is 17.2 Å². The van der Waals surface area contributed by atoms with Gasteiger partial charge in [0, 0.05) is 4.90 Å². The van der Waals surface area contributed by atoms with E-state index in [-0.39, 0.29) is 0 Å². The van der Waals surface area contributed by atoms with E-state index in [4.69, 9.17) is 12.6 Å². The minimum atomic E-state index is 1.10. The van der Waals surface area contributed by atoms with E-state index in [9.17, 15) is 0 Å². The second-order valence-corrected chi connectivity index (χ2v) is 4.79. The summed E-state index contributed by atoms with van der Waals surface area (Å²) in [6.45, 7) is 0. The van der Waals surface area contributed by atoms with Gasteiger partial charge in [0.25, 0.3) is 0 Å². The highest BCUT2D eigenvalue weighted by Crippen LogP contribution is 2.34. The molecule has 1 aliphatic carbocycles. The maximum Gasteiger partial charge on any atom is 0.0194 e. The first-order valence-electron chi connectivity index (χ1n) is 5.93. The third-order valence-corrected chi connectivity index (χ3v) is 3.74. The van der Waals surface area contributed by atoms with Crippen LogP contribution in [0.15, 0.2) is 53.4 Å². The molecule has 0 atom stereocenters. The summed E-state index contributed by atoms with van der Waals surface area (Å²) in [7, 11) is 0. The van der Waals surface area contributed by atoms with Gasteiger partial charge in [0.1, 0.15) is 0 Å². The minimum Gasteiger partial charge on any atom is -0.142 e. The number of allylic oxidation sites excluding steroid dienone is 1. The molecule has 2 aromatic rings. The first-order valence-corrected chi connectivity index (χ1v) is 6.38. The average Bonchev–Trinajstić information content (AvgIpc) is 2.40. The zero-order chi connectivity index (χ0) is 11.7. The molecule has 0 fully saturated rings. The Bertz CT molecular complexity index is 568. The van der Waals surface area contributed by atoms with Gasteiger partial charge in [-0.1, -0.05) is 54.6 Å². The Morgan fingerprint density at radius 1 is 0.941 bits per heavy atom. The van der Waals surface area contributed by atoms with Crippen LogP contribution in [-0.2, 0) is 6.42 Å². The first kappa shape index (κ1) is 10.7. The van der Waals surface area contributed by atoms with Gasteiger partial charge in [0.2, 0.25) is 0 Å². The summed E-state index contributed by atoms with van der Waals surface area (Å²) in [4.78, 5) is 1.10. The molecule has 0 bridgehead atoms. The van der Waals surface area contributed by atoms with Crippen LogP contribution in [0.4, 0.5) is 0 Å². The van der Waals surface area contributed by atoms with E-state index in [2.05, 4.69) is 48.6 Å². The highest BCUT2D eigenvalue weighted by molar-refractivity contribution is 7.80. The van der Waals surface area contributed by atoms with E-state index < -0.39 is 0 Å². The van der Waals surface area contributed by atoms with Crippen molar-refractivity contribution in [2.45, 2.75) is 17.7 Å². The fourth-order valence-electron chi connectivity index (χ4n) is 2.34. The number of thiol groups is 1. The molecule has 0 saturated carbocycles. The quantitative estimate of drug-likeness (QED) is 0.690.